The number of amides is 1. The SMILES string of the molecule is COc1ccc(Br)c(C(=O)OCC(=O)Nc2cc(Cl)c(OC)cc2OC)c1. The van der Waals surface area contributed by atoms with E-state index in [2.05, 4.69) is 21.2 Å². The summed E-state index contributed by atoms with van der Waals surface area (Å²) in [6.45, 7) is -0.491. The number of carbonyl (C=O) groups is 2. The fraction of sp³-hybridized carbons (Fsp3) is 0.222. The number of halogens is 2. The van der Waals surface area contributed by atoms with E-state index >= 15 is 0 Å². The summed E-state index contributed by atoms with van der Waals surface area (Å²) in [5.74, 6) is 0.0250. The van der Waals surface area contributed by atoms with Gasteiger partial charge >= 0.3 is 5.97 Å². The first-order valence-electron chi connectivity index (χ1n) is 7.61. The van der Waals surface area contributed by atoms with E-state index in [1.165, 1.54) is 39.5 Å². The molecule has 0 fully saturated rings. The van der Waals surface area contributed by atoms with Crippen molar-refractivity contribution < 1.29 is 28.5 Å². The molecule has 0 spiro atoms. The highest BCUT2D eigenvalue weighted by atomic mass is 79.9. The lowest BCUT2D eigenvalue weighted by molar-refractivity contribution is -0.119. The molecule has 0 heterocycles. The molecule has 2 aromatic carbocycles. The lowest BCUT2D eigenvalue weighted by Crippen LogP contribution is -2.21. The molecule has 0 aliphatic rings. The van der Waals surface area contributed by atoms with Gasteiger partial charge in [-0.2, -0.15) is 0 Å². The first-order valence-corrected chi connectivity index (χ1v) is 8.78. The van der Waals surface area contributed by atoms with E-state index in [0.29, 0.717) is 32.4 Å². The number of hydrogen-bond acceptors (Lipinski definition) is 6. The molecule has 27 heavy (non-hydrogen) atoms. The first-order chi connectivity index (χ1) is 12.9. The number of rotatable bonds is 7. The van der Waals surface area contributed by atoms with Crippen LogP contribution in [0.3, 0.4) is 0 Å². The van der Waals surface area contributed by atoms with Crippen LogP contribution in [0.25, 0.3) is 0 Å². The zero-order valence-corrected chi connectivity index (χ0v) is 17.1. The summed E-state index contributed by atoms with van der Waals surface area (Å²) in [5.41, 5.74) is 0.569. The van der Waals surface area contributed by atoms with Crippen LogP contribution in [0.5, 0.6) is 17.2 Å². The summed E-state index contributed by atoms with van der Waals surface area (Å²) in [4.78, 5) is 24.3. The van der Waals surface area contributed by atoms with E-state index in [9.17, 15) is 9.59 Å². The standard InChI is InChI=1S/C18H17BrClNO6/c1-24-10-4-5-12(19)11(6-10)18(23)27-9-17(22)21-14-7-13(20)15(25-2)8-16(14)26-3/h4-8H,9H2,1-3H3,(H,21,22). The third-order valence-corrected chi connectivity index (χ3v) is 4.46. The molecule has 1 N–H and O–H groups in total. The Morgan fingerprint density at radius 2 is 1.74 bits per heavy atom. The minimum absolute atomic E-state index is 0.243. The lowest BCUT2D eigenvalue weighted by atomic mass is 10.2. The van der Waals surface area contributed by atoms with Crippen LogP contribution in [-0.4, -0.2) is 39.8 Å². The van der Waals surface area contributed by atoms with Crippen LogP contribution >= 0.6 is 27.5 Å². The molecule has 0 aromatic heterocycles. The number of ether oxygens (including phenoxy) is 4. The van der Waals surface area contributed by atoms with Crippen molar-refractivity contribution in [3.8, 4) is 17.2 Å². The molecule has 9 heteroatoms. The topological polar surface area (TPSA) is 83.1 Å². The van der Waals surface area contributed by atoms with Crippen LogP contribution in [-0.2, 0) is 9.53 Å². The van der Waals surface area contributed by atoms with Crippen molar-refractivity contribution in [1.29, 1.82) is 0 Å². The second kappa shape index (κ2) is 9.48. The maximum atomic E-state index is 12.2. The summed E-state index contributed by atoms with van der Waals surface area (Å²) in [7, 11) is 4.40. The van der Waals surface area contributed by atoms with Crippen LogP contribution < -0.4 is 19.5 Å². The average Bonchev–Trinajstić information content (AvgIpc) is 2.66. The van der Waals surface area contributed by atoms with Gasteiger partial charge in [-0.3, -0.25) is 4.79 Å². The van der Waals surface area contributed by atoms with Gasteiger partial charge in [0, 0.05) is 10.5 Å². The molecule has 0 unspecified atom stereocenters. The number of nitrogens with one attached hydrogen (secondary N) is 1. The van der Waals surface area contributed by atoms with Crippen LogP contribution in [0, 0.1) is 0 Å². The van der Waals surface area contributed by atoms with Crippen molar-refractivity contribution in [2.75, 3.05) is 33.3 Å². The number of methoxy groups -OCH3 is 3. The summed E-state index contributed by atoms with van der Waals surface area (Å²) in [5, 5.41) is 2.88. The zero-order chi connectivity index (χ0) is 20.0. The average molecular weight is 459 g/mol. The molecule has 0 saturated carbocycles. The summed E-state index contributed by atoms with van der Waals surface area (Å²) in [6, 6.07) is 7.87. The predicted molar refractivity (Wildman–Crippen MR) is 104 cm³/mol. The summed E-state index contributed by atoms with van der Waals surface area (Å²) < 4.78 is 21.0. The molecule has 144 valence electrons. The lowest BCUT2D eigenvalue weighted by Gasteiger charge is -2.13. The van der Waals surface area contributed by atoms with Gasteiger partial charge in [0.1, 0.15) is 17.2 Å². The van der Waals surface area contributed by atoms with Crippen molar-refractivity contribution in [2.24, 2.45) is 0 Å². The Kier molecular flexibility index (Phi) is 7.32. The number of esters is 1. The van der Waals surface area contributed by atoms with E-state index in [0.717, 1.165) is 0 Å². The Morgan fingerprint density at radius 3 is 2.37 bits per heavy atom. The van der Waals surface area contributed by atoms with Crippen molar-refractivity contribution >= 4 is 45.1 Å². The molecule has 0 bridgehead atoms. The Bertz CT molecular complexity index is 858. The second-order valence-corrected chi connectivity index (χ2v) is 6.42. The molecular weight excluding hydrogens is 442 g/mol. The van der Waals surface area contributed by atoms with Gasteiger partial charge in [-0.15, -0.1) is 0 Å². The molecule has 7 nitrogen and oxygen atoms in total. The molecule has 2 aromatic rings. The van der Waals surface area contributed by atoms with Gasteiger partial charge < -0.3 is 24.3 Å². The van der Waals surface area contributed by atoms with E-state index in [1.54, 1.807) is 12.1 Å². The fourth-order valence-electron chi connectivity index (χ4n) is 2.14. The second-order valence-electron chi connectivity index (χ2n) is 5.16. The molecule has 0 radical (unpaired) electrons. The van der Waals surface area contributed by atoms with Gasteiger partial charge in [-0.25, -0.2) is 4.79 Å². The zero-order valence-electron chi connectivity index (χ0n) is 14.8. The van der Waals surface area contributed by atoms with E-state index in [-0.39, 0.29) is 5.56 Å². The highest BCUT2D eigenvalue weighted by molar-refractivity contribution is 9.10. The molecule has 0 saturated heterocycles. The van der Waals surface area contributed by atoms with Gasteiger partial charge in [0.25, 0.3) is 5.91 Å². The minimum Gasteiger partial charge on any atom is -0.497 e. The third kappa shape index (κ3) is 5.27. The van der Waals surface area contributed by atoms with Gasteiger partial charge in [0.15, 0.2) is 6.61 Å². The van der Waals surface area contributed by atoms with Gasteiger partial charge in [0.05, 0.1) is 37.6 Å². The summed E-state index contributed by atoms with van der Waals surface area (Å²) >= 11 is 9.32. The predicted octanol–water partition coefficient (Wildman–Crippen LogP) is 3.92. The van der Waals surface area contributed by atoms with E-state index in [1.807, 2.05) is 0 Å². The van der Waals surface area contributed by atoms with Crippen LogP contribution in [0.4, 0.5) is 5.69 Å². The Morgan fingerprint density at radius 1 is 1.04 bits per heavy atom. The van der Waals surface area contributed by atoms with Gasteiger partial charge in [-0.1, -0.05) is 11.6 Å². The highest BCUT2D eigenvalue weighted by Crippen LogP contribution is 2.35. The number of carbonyl (C=O) groups excluding carboxylic acids is 2. The van der Waals surface area contributed by atoms with Crippen LogP contribution in [0.15, 0.2) is 34.8 Å². The van der Waals surface area contributed by atoms with Crippen LogP contribution in [0.1, 0.15) is 10.4 Å². The highest BCUT2D eigenvalue weighted by Gasteiger charge is 2.17. The molecule has 1 amide bonds. The minimum atomic E-state index is -0.671. The monoisotopic (exact) mass is 457 g/mol. The largest absolute Gasteiger partial charge is 0.497 e. The van der Waals surface area contributed by atoms with Crippen molar-refractivity contribution in [2.45, 2.75) is 0 Å². The van der Waals surface area contributed by atoms with Crippen molar-refractivity contribution in [3.05, 3.63) is 45.4 Å². The Hall–Kier alpha value is -2.45. The van der Waals surface area contributed by atoms with Crippen molar-refractivity contribution in [3.63, 3.8) is 0 Å². The number of anilines is 1. The quantitative estimate of drug-likeness (QED) is 0.633. The van der Waals surface area contributed by atoms with Crippen molar-refractivity contribution in [1.82, 2.24) is 0 Å². The smallest absolute Gasteiger partial charge is 0.339 e. The number of hydrogen-bond donors (Lipinski definition) is 1. The first kappa shape index (κ1) is 20.9. The Balaban J connectivity index is 2.04. The third-order valence-electron chi connectivity index (χ3n) is 3.48. The normalized spacial score (nSPS) is 10.1. The summed E-state index contributed by atoms with van der Waals surface area (Å²) in [6.07, 6.45) is 0. The fourth-order valence-corrected chi connectivity index (χ4v) is 2.79. The molecular formula is C18H17BrClNO6. The molecule has 0 atom stereocenters. The van der Waals surface area contributed by atoms with Crippen LogP contribution in [0.2, 0.25) is 5.02 Å². The molecule has 0 aliphatic heterocycles. The van der Waals surface area contributed by atoms with Gasteiger partial charge in [-0.05, 0) is 40.2 Å². The maximum absolute atomic E-state index is 12.2. The Labute approximate surface area is 169 Å². The maximum Gasteiger partial charge on any atom is 0.339 e. The van der Waals surface area contributed by atoms with E-state index in [4.69, 9.17) is 30.5 Å². The van der Waals surface area contributed by atoms with E-state index < -0.39 is 18.5 Å². The molecule has 2 rings (SSSR count). The van der Waals surface area contributed by atoms with Gasteiger partial charge in [0.2, 0.25) is 0 Å². The number of benzene rings is 2. The molecule has 0 aliphatic carbocycles.